The number of methoxy groups -OCH3 is 1. The Labute approximate surface area is 216 Å². The van der Waals surface area contributed by atoms with E-state index >= 15 is 0 Å². The van der Waals surface area contributed by atoms with Crippen LogP contribution >= 0.6 is 0 Å². The number of aromatic nitrogens is 2. The molecule has 1 saturated heterocycles. The van der Waals surface area contributed by atoms with Crippen molar-refractivity contribution in [2.75, 3.05) is 26.9 Å². The maximum Gasteiger partial charge on any atom is 0.409 e. The Morgan fingerprint density at radius 1 is 1.11 bits per heavy atom. The van der Waals surface area contributed by atoms with Crippen molar-refractivity contribution in [1.82, 2.24) is 14.5 Å². The molecule has 1 N–H and O–H groups in total. The third-order valence-electron chi connectivity index (χ3n) is 8.52. The Balaban J connectivity index is 1.47. The molecule has 1 saturated carbocycles. The fourth-order valence-electron chi connectivity index (χ4n) is 6.47. The molecular formula is C29H33N3O5. The first-order valence-electron chi connectivity index (χ1n) is 13.2. The first-order valence-corrected chi connectivity index (χ1v) is 13.2. The zero-order chi connectivity index (χ0) is 25.6. The summed E-state index contributed by atoms with van der Waals surface area (Å²) in [6.45, 7) is 2.32. The molecule has 0 bridgehead atoms. The first kappa shape index (κ1) is 24.0. The van der Waals surface area contributed by atoms with Gasteiger partial charge in [0.1, 0.15) is 5.82 Å². The number of fused-ring (bicyclic) bond motifs is 3. The van der Waals surface area contributed by atoms with Gasteiger partial charge in [-0.25, -0.2) is 9.78 Å². The number of imidazole rings is 1. The van der Waals surface area contributed by atoms with Crippen LogP contribution < -0.4 is 0 Å². The van der Waals surface area contributed by atoms with E-state index < -0.39 is 5.97 Å². The fraction of sp³-hybridized carbons (Fsp3) is 0.483. The fourth-order valence-corrected chi connectivity index (χ4v) is 6.47. The Bertz CT molecular complexity index is 1320. The van der Waals surface area contributed by atoms with E-state index in [-0.39, 0.29) is 23.5 Å². The number of amides is 1. The van der Waals surface area contributed by atoms with Crippen molar-refractivity contribution in [3.05, 3.63) is 65.0 Å². The van der Waals surface area contributed by atoms with Gasteiger partial charge in [-0.05, 0) is 49.3 Å². The van der Waals surface area contributed by atoms with Crippen molar-refractivity contribution in [2.45, 2.75) is 56.5 Å². The molecule has 8 heteroatoms. The molecule has 2 aliphatic heterocycles. The van der Waals surface area contributed by atoms with Gasteiger partial charge in [-0.1, -0.05) is 36.4 Å². The maximum atomic E-state index is 12.3. The quantitative estimate of drug-likeness (QED) is 0.552. The molecule has 0 spiro atoms. The summed E-state index contributed by atoms with van der Waals surface area (Å²) in [7, 11) is 1.42. The third kappa shape index (κ3) is 4.17. The standard InChI is InChI=1S/C29H33N3O5/c1-36-28(35)31-14-13-20-11-12-24-25(23(20)16-31)30-26(21-7-9-22(10-8-21)27(33)34)32(24)29(17-37-18-29)15-19-5-3-2-4-6-19/h2-6,11-12,21-22H,7-10,13-18H2,1H3,(H,33,34)/t21-,22-. The smallest absolute Gasteiger partial charge is 0.409 e. The van der Waals surface area contributed by atoms with E-state index in [1.54, 1.807) is 4.90 Å². The Hall–Kier alpha value is -3.39. The zero-order valence-corrected chi connectivity index (χ0v) is 21.2. The number of ether oxygens (including phenoxy) is 2. The topological polar surface area (TPSA) is 93.9 Å². The van der Waals surface area contributed by atoms with Gasteiger partial charge in [0.05, 0.1) is 49.4 Å². The summed E-state index contributed by atoms with van der Waals surface area (Å²) in [5.74, 6) is 0.242. The summed E-state index contributed by atoms with van der Waals surface area (Å²) < 4.78 is 13.3. The number of nitrogens with zero attached hydrogens (tertiary/aromatic N) is 3. The largest absolute Gasteiger partial charge is 0.481 e. The van der Waals surface area contributed by atoms with Crippen LogP contribution in [0.15, 0.2) is 42.5 Å². The number of carbonyl (C=O) groups excluding carboxylic acids is 1. The van der Waals surface area contributed by atoms with E-state index in [9.17, 15) is 14.7 Å². The summed E-state index contributed by atoms with van der Waals surface area (Å²) in [5, 5.41) is 9.55. The Morgan fingerprint density at radius 3 is 2.51 bits per heavy atom. The molecule has 1 amide bonds. The van der Waals surface area contributed by atoms with Crippen LogP contribution in [0.2, 0.25) is 0 Å². The molecule has 194 valence electrons. The van der Waals surface area contributed by atoms with Gasteiger partial charge in [0.15, 0.2) is 0 Å². The van der Waals surface area contributed by atoms with Crippen molar-refractivity contribution in [1.29, 1.82) is 0 Å². The summed E-state index contributed by atoms with van der Waals surface area (Å²) in [6, 6.07) is 14.9. The van der Waals surface area contributed by atoms with Crippen LogP contribution in [0.1, 0.15) is 54.1 Å². The van der Waals surface area contributed by atoms with Crippen LogP contribution in [0.4, 0.5) is 4.79 Å². The minimum atomic E-state index is -0.697. The number of rotatable bonds is 5. The van der Waals surface area contributed by atoms with Crippen molar-refractivity contribution in [3.63, 3.8) is 0 Å². The van der Waals surface area contributed by atoms with E-state index in [2.05, 4.69) is 41.0 Å². The number of carbonyl (C=O) groups is 2. The normalized spacial score (nSPS) is 22.8. The van der Waals surface area contributed by atoms with E-state index in [4.69, 9.17) is 14.5 Å². The Kier molecular flexibility index (Phi) is 6.15. The highest BCUT2D eigenvalue weighted by atomic mass is 16.5. The molecule has 3 aliphatic rings. The third-order valence-corrected chi connectivity index (χ3v) is 8.52. The van der Waals surface area contributed by atoms with E-state index in [0.717, 1.165) is 48.1 Å². The lowest BCUT2D eigenvalue weighted by Gasteiger charge is -2.45. The number of aliphatic carboxylic acids is 1. The van der Waals surface area contributed by atoms with Gasteiger partial charge in [-0.15, -0.1) is 0 Å². The van der Waals surface area contributed by atoms with Crippen LogP contribution in [0.25, 0.3) is 11.0 Å². The van der Waals surface area contributed by atoms with Crippen molar-refractivity contribution < 1.29 is 24.2 Å². The second-order valence-corrected chi connectivity index (χ2v) is 10.8. The molecule has 2 fully saturated rings. The monoisotopic (exact) mass is 503 g/mol. The minimum absolute atomic E-state index is 0.187. The highest BCUT2D eigenvalue weighted by molar-refractivity contribution is 5.83. The van der Waals surface area contributed by atoms with Crippen molar-refractivity contribution in [2.24, 2.45) is 5.92 Å². The molecule has 6 rings (SSSR count). The van der Waals surface area contributed by atoms with Gasteiger partial charge in [0.25, 0.3) is 0 Å². The van der Waals surface area contributed by atoms with Gasteiger partial charge in [0, 0.05) is 24.4 Å². The van der Waals surface area contributed by atoms with Crippen LogP contribution in [0, 0.1) is 5.92 Å². The second-order valence-electron chi connectivity index (χ2n) is 10.8. The molecule has 3 aromatic rings. The predicted molar refractivity (Wildman–Crippen MR) is 138 cm³/mol. The van der Waals surface area contributed by atoms with Crippen LogP contribution in [0.5, 0.6) is 0 Å². The van der Waals surface area contributed by atoms with E-state index in [0.29, 0.717) is 39.1 Å². The lowest BCUT2D eigenvalue weighted by molar-refractivity contribution is -0.142. The van der Waals surface area contributed by atoms with Gasteiger partial charge in [-0.2, -0.15) is 0 Å². The molecule has 3 heterocycles. The van der Waals surface area contributed by atoms with Gasteiger partial charge >= 0.3 is 12.1 Å². The first-order chi connectivity index (χ1) is 18.0. The van der Waals surface area contributed by atoms with Gasteiger partial charge in [-0.3, -0.25) is 4.79 Å². The molecule has 1 aromatic heterocycles. The lowest BCUT2D eigenvalue weighted by Crippen LogP contribution is -2.54. The lowest BCUT2D eigenvalue weighted by atomic mass is 9.80. The average Bonchev–Trinajstić information content (AvgIpc) is 3.31. The molecule has 0 radical (unpaired) electrons. The van der Waals surface area contributed by atoms with Gasteiger partial charge < -0.3 is 24.0 Å². The maximum absolute atomic E-state index is 12.3. The molecule has 1 aliphatic carbocycles. The van der Waals surface area contributed by atoms with Crippen molar-refractivity contribution >= 4 is 23.1 Å². The highest BCUT2D eigenvalue weighted by Crippen LogP contribution is 2.43. The predicted octanol–water partition coefficient (Wildman–Crippen LogP) is 4.49. The molecule has 8 nitrogen and oxygen atoms in total. The van der Waals surface area contributed by atoms with Crippen LogP contribution in [-0.2, 0) is 39.2 Å². The molecule has 0 atom stereocenters. The second kappa shape index (κ2) is 9.49. The number of benzene rings is 2. The molecule has 0 unspecified atom stereocenters. The van der Waals surface area contributed by atoms with Crippen molar-refractivity contribution in [3.8, 4) is 0 Å². The number of hydrogen-bond acceptors (Lipinski definition) is 5. The summed E-state index contributed by atoms with van der Waals surface area (Å²) in [5.41, 5.74) is 5.33. The number of carboxylic acids is 1. The Morgan fingerprint density at radius 2 is 1.86 bits per heavy atom. The zero-order valence-electron chi connectivity index (χ0n) is 21.2. The van der Waals surface area contributed by atoms with Crippen LogP contribution in [0.3, 0.4) is 0 Å². The summed E-state index contributed by atoms with van der Waals surface area (Å²) in [4.78, 5) is 31.0. The highest BCUT2D eigenvalue weighted by Gasteiger charge is 2.45. The number of carboxylic acid groups (broad SMARTS) is 1. The minimum Gasteiger partial charge on any atom is -0.481 e. The van der Waals surface area contributed by atoms with Crippen LogP contribution in [-0.4, -0.2) is 58.5 Å². The average molecular weight is 504 g/mol. The summed E-state index contributed by atoms with van der Waals surface area (Å²) in [6.07, 6.45) is 4.23. The number of hydrogen-bond donors (Lipinski definition) is 1. The van der Waals surface area contributed by atoms with E-state index in [1.165, 1.54) is 18.2 Å². The summed E-state index contributed by atoms with van der Waals surface area (Å²) >= 11 is 0. The molecule has 2 aromatic carbocycles. The van der Waals surface area contributed by atoms with Gasteiger partial charge in [0.2, 0.25) is 0 Å². The van der Waals surface area contributed by atoms with E-state index in [1.807, 2.05) is 6.07 Å². The SMILES string of the molecule is COC(=O)N1CCc2ccc3c(nc([C@H]4CC[C@H](C(=O)O)CC4)n3C3(Cc4ccccc4)COC3)c2C1. The molecule has 37 heavy (non-hydrogen) atoms. The molecular weight excluding hydrogens is 470 g/mol.